The zero-order valence-electron chi connectivity index (χ0n) is 16.2. The number of nitrogens with one attached hydrogen (secondary N) is 1. The Labute approximate surface area is 182 Å². The van der Waals surface area contributed by atoms with Crippen molar-refractivity contribution in [3.8, 4) is 22.9 Å². The van der Waals surface area contributed by atoms with Crippen LogP contribution in [-0.4, -0.2) is 25.8 Å². The molecular formula is C22H15ClFN5O2. The second kappa shape index (κ2) is 8.85. The molecule has 0 aliphatic rings. The van der Waals surface area contributed by atoms with E-state index in [1.54, 1.807) is 30.5 Å². The molecule has 0 bridgehead atoms. The summed E-state index contributed by atoms with van der Waals surface area (Å²) in [5, 5.41) is 3.09. The first-order valence-corrected chi connectivity index (χ1v) is 9.51. The summed E-state index contributed by atoms with van der Waals surface area (Å²) in [7, 11) is 0. The third-order valence-electron chi connectivity index (χ3n) is 4.33. The van der Waals surface area contributed by atoms with Crippen LogP contribution in [0.4, 0.5) is 10.2 Å². The quantitative estimate of drug-likeness (QED) is 0.470. The highest BCUT2D eigenvalue weighted by Gasteiger charge is 2.13. The summed E-state index contributed by atoms with van der Waals surface area (Å²) >= 11 is 6.30. The highest BCUT2D eigenvalue weighted by Crippen LogP contribution is 2.32. The van der Waals surface area contributed by atoms with Crippen LogP contribution < -0.4 is 10.1 Å². The second-order valence-corrected chi connectivity index (χ2v) is 6.87. The predicted octanol–water partition coefficient (Wildman–Crippen LogP) is 5.08. The maximum atomic E-state index is 13.8. The second-order valence-electron chi connectivity index (χ2n) is 6.47. The molecule has 9 heteroatoms. The minimum atomic E-state index is -0.581. The molecule has 0 fully saturated rings. The third-order valence-corrected chi connectivity index (χ3v) is 4.66. The fourth-order valence-electron chi connectivity index (χ4n) is 2.74. The van der Waals surface area contributed by atoms with Crippen LogP contribution >= 0.6 is 11.6 Å². The Bertz CT molecular complexity index is 1250. The van der Waals surface area contributed by atoms with Crippen LogP contribution in [0.3, 0.4) is 0 Å². The van der Waals surface area contributed by atoms with Crippen molar-refractivity contribution >= 4 is 23.3 Å². The zero-order valence-corrected chi connectivity index (χ0v) is 17.0. The lowest BCUT2D eigenvalue weighted by molar-refractivity contribution is 0.102. The van der Waals surface area contributed by atoms with Crippen molar-refractivity contribution in [2.24, 2.45) is 0 Å². The Morgan fingerprint density at radius 2 is 1.94 bits per heavy atom. The van der Waals surface area contributed by atoms with Crippen LogP contribution in [0.15, 0.2) is 67.4 Å². The first kappa shape index (κ1) is 20.4. The van der Waals surface area contributed by atoms with Gasteiger partial charge < -0.3 is 10.1 Å². The Morgan fingerprint density at radius 1 is 1.06 bits per heavy atom. The van der Waals surface area contributed by atoms with Gasteiger partial charge >= 0.3 is 0 Å². The van der Waals surface area contributed by atoms with Crippen LogP contribution in [0.2, 0.25) is 5.02 Å². The number of carbonyl (C=O) groups is 1. The standard InChI is InChI=1S/C22H15ClFN5O2/c1-13-6-8-25-10-16(13)21(30)29-20-12-27-19(11-28-20)15-9-14(4-5-17(15)23)31-22-18(24)3-2-7-26-22/h2-12H,1H3,(H,28,29,30). The number of benzene rings is 1. The SMILES string of the molecule is Cc1ccncc1C(=O)Nc1cnc(-c2cc(Oc3ncccc3F)ccc2Cl)cn1. The lowest BCUT2D eigenvalue weighted by Gasteiger charge is -2.10. The summed E-state index contributed by atoms with van der Waals surface area (Å²) < 4.78 is 19.3. The highest BCUT2D eigenvalue weighted by molar-refractivity contribution is 6.33. The summed E-state index contributed by atoms with van der Waals surface area (Å²) in [5.74, 6) is -0.453. The van der Waals surface area contributed by atoms with E-state index in [0.717, 1.165) is 5.56 Å². The molecule has 1 N–H and O–H groups in total. The number of anilines is 1. The van der Waals surface area contributed by atoms with Crippen LogP contribution in [0.25, 0.3) is 11.3 Å². The van der Waals surface area contributed by atoms with E-state index in [-0.39, 0.29) is 17.6 Å². The smallest absolute Gasteiger partial charge is 0.258 e. The van der Waals surface area contributed by atoms with Gasteiger partial charge in [-0.15, -0.1) is 0 Å². The number of amides is 1. The normalized spacial score (nSPS) is 10.5. The molecule has 4 rings (SSSR count). The molecule has 31 heavy (non-hydrogen) atoms. The van der Waals surface area contributed by atoms with Gasteiger partial charge in [0.1, 0.15) is 5.75 Å². The molecule has 0 saturated carbocycles. The molecule has 4 aromatic rings. The molecule has 0 atom stereocenters. The molecule has 3 heterocycles. The fourth-order valence-corrected chi connectivity index (χ4v) is 2.95. The van der Waals surface area contributed by atoms with Gasteiger partial charge in [-0.3, -0.25) is 14.8 Å². The largest absolute Gasteiger partial charge is 0.436 e. The van der Waals surface area contributed by atoms with Crippen LogP contribution in [0.1, 0.15) is 15.9 Å². The molecule has 1 amide bonds. The van der Waals surface area contributed by atoms with E-state index < -0.39 is 5.82 Å². The molecule has 154 valence electrons. The average molecular weight is 436 g/mol. The van der Waals surface area contributed by atoms with Crippen molar-refractivity contribution in [1.29, 1.82) is 0 Å². The number of aromatic nitrogens is 4. The van der Waals surface area contributed by atoms with Crippen molar-refractivity contribution in [3.05, 3.63) is 89.3 Å². The maximum Gasteiger partial charge on any atom is 0.258 e. The lowest BCUT2D eigenvalue weighted by atomic mass is 10.1. The molecule has 0 radical (unpaired) electrons. The molecule has 0 saturated heterocycles. The molecule has 3 aromatic heterocycles. The van der Waals surface area contributed by atoms with Gasteiger partial charge in [-0.05, 0) is 48.9 Å². The van der Waals surface area contributed by atoms with Crippen LogP contribution in [-0.2, 0) is 0 Å². The van der Waals surface area contributed by atoms with Crippen LogP contribution in [0, 0.1) is 12.7 Å². The van der Waals surface area contributed by atoms with Gasteiger partial charge in [0, 0.05) is 24.2 Å². The van der Waals surface area contributed by atoms with E-state index in [9.17, 15) is 9.18 Å². The minimum absolute atomic E-state index is 0.148. The molecule has 7 nitrogen and oxygen atoms in total. The Hall–Kier alpha value is -3.91. The van der Waals surface area contributed by atoms with E-state index in [4.69, 9.17) is 16.3 Å². The number of halogens is 2. The van der Waals surface area contributed by atoms with E-state index >= 15 is 0 Å². The average Bonchev–Trinajstić information content (AvgIpc) is 2.77. The van der Waals surface area contributed by atoms with Crippen molar-refractivity contribution in [2.45, 2.75) is 6.92 Å². The van der Waals surface area contributed by atoms with E-state index in [1.165, 1.54) is 36.9 Å². The topological polar surface area (TPSA) is 89.9 Å². The predicted molar refractivity (Wildman–Crippen MR) is 114 cm³/mol. The molecule has 0 spiro atoms. The number of carbonyl (C=O) groups excluding carboxylic acids is 1. The van der Waals surface area contributed by atoms with Gasteiger partial charge in [0.2, 0.25) is 0 Å². The molecule has 0 aliphatic carbocycles. The summed E-state index contributed by atoms with van der Waals surface area (Å²) in [6.45, 7) is 1.82. The third kappa shape index (κ3) is 4.65. The molecule has 1 aromatic carbocycles. The molecule has 0 aliphatic heterocycles. The lowest BCUT2D eigenvalue weighted by Crippen LogP contribution is -2.14. The minimum Gasteiger partial charge on any atom is -0.436 e. The first-order chi connectivity index (χ1) is 15.0. The van der Waals surface area contributed by atoms with Gasteiger partial charge in [0.25, 0.3) is 11.8 Å². The maximum absolute atomic E-state index is 13.8. The fraction of sp³-hybridized carbons (Fsp3) is 0.0455. The number of ether oxygens (including phenoxy) is 1. The summed E-state index contributed by atoms with van der Waals surface area (Å²) in [6.07, 6.45) is 7.42. The van der Waals surface area contributed by atoms with Gasteiger partial charge in [0.15, 0.2) is 11.6 Å². The summed E-state index contributed by atoms with van der Waals surface area (Å²) in [6, 6.07) is 9.29. The number of rotatable bonds is 5. The summed E-state index contributed by atoms with van der Waals surface area (Å²) in [5.41, 5.74) is 2.23. The zero-order chi connectivity index (χ0) is 21.8. The molecule has 0 unspecified atom stereocenters. The van der Waals surface area contributed by atoms with E-state index in [2.05, 4.69) is 25.3 Å². The number of nitrogens with zero attached hydrogens (tertiary/aromatic N) is 4. The van der Waals surface area contributed by atoms with Crippen molar-refractivity contribution in [3.63, 3.8) is 0 Å². The highest BCUT2D eigenvalue weighted by atomic mass is 35.5. The van der Waals surface area contributed by atoms with Crippen molar-refractivity contribution in [1.82, 2.24) is 19.9 Å². The van der Waals surface area contributed by atoms with Gasteiger partial charge in [-0.2, -0.15) is 0 Å². The Balaban J connectivity index is 1.54. The van der Waals surface area contributed by atoms with E-state index in [1.807, 2.05) is 6.92 Å². The number of hydrogen-bond donors (Lipinski definition) is 1. The van der Waals surface area contributed by atoms with Crippen LogP contribution in [0.5, 0.6) is 11.6 Å². The van der Waals surface area contributed by atoms with E-state index in [0.29, 0.717) is 27.6 Å². The Kier molecular flexibility index (Phi) is 5.81. The Morgan fingerprint density at radius 3 is 2.68 bits per heavy atom. The first-order valence-electron chi connectivity index (χ1n) is 9.13. The van der Waals surface area contributed by atoms with Gasteiger partial charge in [-0.1, -0.05) is 11.6 Å². The summed E-state index contributed by atoms with van der Waals surface area (Å²) in [4.78, 5) is 28.8. The van der Waals surface area contributed by atoms with Crippen molar-refractivity contribution in [2.75, 3.05) is 5.32 Å². The number of pyridine rings is 2. The van der Waals surface area contributed by atoms with Crippen molar-refractivity contribution < 1.29 is 13.9 Å². The number of hydrogen-bond acceptors (Lipinski definition) is 6. The van der Waals surface area contributed by atoms with Gasteiger partial charge in [-0.25, -0.2) is 14.4 Å². The number of aryl methyl sites for hydroxylation is 1. The van der Waals surface area contributed by atoms with Gasteiger partial charge in [0.05, 0.1) is 28.7 Å². The monoisotopic (exact) mass is 435 g/mol. The molecular weight excluding hydrogens is 421 g/mol.